The fourth-order valence-corrected chi connectivity index (χ4v) is 3.27. The van der Waals surface area contributed by atoms with E-state index in [0.29, 0.717) is 35.5 Å². The molecule has 0 aliphatic carbocycles. The quantitative estimate of drug-likeness (QED) is 0.762. The lowest BCUT2D eigenvalue weighted by Gasteiger charge is -2.18. The summed E-state index contributed by atoms with van der Waals surface area (Å²) >= 11 is 0. The standard InChI is InChI=1S/C19H18FNO5/c1-9-8-12(22)15-17(21-26-18(15)10(9)2)14-11(20)4-5-13(23-3)16(14)19-24-6-7-25-19/h4-5,8,19,22H,6-7H2,1-3H3. The summed E-state index contributed by atoms with van der Waals surface area (Å²) in [4.78, 5) is 0. The van der Waals surface area contributed by atoms with Gasteiger partial charge >= 0.3 is 0 Å². The Morgan fingerprint density at radius 3 is 2.65 bits per heavy atom. The van der Waals surface area contributed by atoms with E-state index in [1.165, 1.54) is 19.2 Å². The Balaban J connectivity index is 2.05. The van der Waals surface area contributed by atoms with E-state index in [2.05, 4.69) is 5.16 Å². The molecule has 1 saturated heterocycles. The van der Waals surface area contributed by atoms with Crippen molar-refractivity contribution in [2.75, 3.05) is 20.3 Å². The molecule has 6 nitrogen and oxygen atoms in total. The molecule has 0 bridgehead atoms. The maximum Gasteiger partial charge on any atom is 0.188 e. The minimum atomic E-state index is -0.781. The smallest absolute Gasteiger partial charge is 0.188 e. The number of aryl methyl sites for hydroxylation is 2. The van der Waals surface area contributed by atoms with Gasteiger partial charge in [-0.2, -0.15) is 0 Å². The molecule has 1 N–H and O–H groups in total. The van der Waals surface area contributed by atoms with Crippen molar-refractivity contribution < 1.29 is 28.2 Å². The molecule has 1 aliphatic rings. The largest absolute Gasteiger partial charge is 0.507 e. The van der Waals surface area contributed by atoms with Crippen LogP contribution >= 0.6 is 0 Å². The number of aromatic nitrogens is 1. The number of phenols is 1. The van der Waals surface area contributed by atoms with Crippen molar-refractivity contribution in [2.45, 2.75) is 20.1 Å². The first kappa shape index (κ1) is 16.8. The number of fused-ring (bicyclic) bond motifs is 1. The maximum absolute atomic E-state index is 14.9. The van der Waals surface area contributed by atoms with Gasteiger partial charge in [0.15, 0.2) is 11.9 Å². The molecule has 1 aliphatic heterocycles. The molecule has 136 valence electrons. The summed E-state index contributed by atoms with van der Waals surface area (Å²) in [5.74, 6) is -0.152. The van der Waals surface area contributed by atoms with Gasteiger partial charge in [-0.3, -0.25) is 0 Å². The molecule has 3 aromatic rings. The van der Waals surface area contributed by atoms with E-state index >= 15 is 0 Å². The predicted octanol–water partition coefficient (Wildman–Crippen LogP) is 4.01. The second-order valence-corrected chi connectivity index (χ2v) is 6.18. The summed E-state index contributed by atoms with van der Waals surface area (Å²) in [6.45, 7) is 4.51. The zero-order chi connectivity index (χ0) is 18.4. The third-order valence-corrected chi connectivity index (χ3v) is 4.70. The number of halogens is 1. The minimum absolute atomic E-state index is 0.0271. The van der Waals surface area contributed by atoms with Crippen molar-refractivity contribution in [2.24, 2.45) is 0 Å². The van der Waals surface area contributed by atoms with Crippen LogP contribution in [0.1, 0.15) is 23.0 Å². The average Bonchev–Trinajstić information content (AvgIpc) is 3.29. The van der Waals surface area contributed by atoms with E-state index in [1.54, 1.807) is 6.07 Å². The van der Waals surface area contributed by atoms with Crippen molar-refractivity contribution in [3.05, 3.63) is 40.7 Å². The molecule has 7 heteroatoms. The SMILES string of the molecule is COc1ccc(F)c(-c2noc3c(C)c(C)cc(O)c23)c1C1OCCO1. The second kappa shape index (κ2) is 6.26. The topological polar surface area (TPSA) is 74.0 Å². The lowest BCUT2D eigenvalue weighted by molar-refractivity contribution is -0.0452. The van der Waals surface area contributed by atoms with Gasteiger partial charge in [0.25, 0.3) is 0 Å². The lowest BCUT2D eigenvalue weighted by Crippen LogP contribution is -2.06. The van der Waals surface area contributed by atoms with E-state index in [0.717, 1.165) is 11.1 Å². The highest BCUT2D eigenvalue weighted by molar-refractivity contribution is 5.99. The molecule has 0 radical (unpaired) electrons. The molecule has 0 atom stereocenters. The molecule has 26 heavy (non-hydrogen) atoms. The third kappa shape index (κ3) is 2.43. The molecule has 2 heterocycles. The van der Waals surface area contributed by atoms with Crippen molar-refractivity contribution >= 4 is 11.0 Å². The minimum Gasteiger partial charge on any atom is -0.507 e. The molecule has 2 aromatic carbocycles. The van der Waals surface area contributed by atoms with Crippen LogP contribution < -0.4 is 4.74 Å². The van der Waals surface area contributed by atoms with E-state index < -0.39 is 12.1 Å². The van der Waals surface area contributed by atoms with Crippen LogP contribution in [0.4, 0.5) is 4.39 Å². The fraction of sp³-hybridized carbons (Fsp3) is 0.316. The number of methoxy groups -OCH3 is 1. The van der Waals surface area contributed by atoms with Gasteiger partial charge in [0.1, 0.15) is 23.0 Å². The summed E-state index contributed by atoms with van der Waals surface area (Å²) in [6, 6.07) is 4.40. The predicted molar refractivity (Wildman–Crippen MR) is 91.7 cm³/mol. The number of hydrogen-bond acceptors (Lipinski definition) is 6. The molecule has 1 aromatic heterocycles. The number of ether oxygens (including phenoxy) is 3. The van der Waals surface area contributed by atoms with Gasteiger partial charge in [-0.05, 0) is 43.2 Å². The zero-order valence-corrected chi connectivity index (χ0v) is 14.6. The highest BCUT2D eigenvalue weighted by Gasteiger charge is 2.31. The number of rotatable bonds is 3. The first-order valence-electron chi connectivity index (χ1n) is 8.21. The van der Waals surface area contributed by atoms with Gasteiger partial charge in [0.2, 0.25) is 0 Å². The highest BCUT2D eigenvalue weighted by atomic mass is 19.1. The number of nitrogens with zero attached hydrogens (tertiary/aromatic N) is 1. The normalized spacial score (nSPS) is 15.1. The van der Waals surface area contributed by atoms with Crippen molar-refractivity contribution in [1.29, 1.82) is 0 Å². The number of phenolic OH excluding ortho intramolecular Hbond substituents is 1. The summed E-state index contributed by atoms with van der Waals surface area (Å²) in [5.41, 5.74) is 2.80. The van der Waals surface area contributed by atoms with Gasteiger partial charge in [-0.25, -0.2) is 4.39 Å². The number of benzene rings is 2. The Bertz CT molecular complexity index is 991. The van der Waals surface area contributed by atoms with Crippen LogP contribution in [0, 0.1) is 19.7 Å². The van der Waals surface area contributed by atoms with Crippen LogP contribution in [-0.2, 0) is 9.47 Å². The van der Waals surface area contributed by atoms with Crippen LogP contribution in [0.2, 0.25) is 0 Å². The van der Waals surface area contributed by atoms with E-state index in [9.17, 15) is 9.50 Å². The van der Waals surface area contributed by atoms with Gasteiger partial charge in [-0.1, -0.05) is 5.16 Å². The Labute approximate surface area is 149 Å². The van der Waals surface area contributed by atoms with Crippen molar-refractivity contribution in [3.8, 4) is 22.8 Å². The molecule has 0 amide bonds. The number of aromatic hydroxyl groups is 1. The van der Waals surface area contributed by atoms with Gasteiger partial charge in [0.05, 0.1) is 36.8 Å². The Morgan fingerprint density at radius 2 is 1.96 bits per heavy atom. The zero-order valence-electron chi connectivity index (χ0n) is 14.6. The molecule has 0 unspecified atom stereocenters. The maximum atomic E-state index is 14.9. The van der Waals surface area contributed by atoms with Crippen LogP contribution in [0.3, 0.4) is 0 Å². The lowest BCUT2D eigenvalue weighted by atomic mass is 9.97. The first-order chi connectivity index (χ1) is 12.5. The summed E-state index contributed by atoms with van der Waals surface area (Å²) in [5, 5.41) is 14.9. The molecule has 0 spiro atoms. The van der Waals surface area contributed by atoms with Crippen molar-refractivity contribution in [3.63, 3.8) is 0 Å². The Kier molecular flexibility index (Phi) is 4.05. The summed E-state index contributed by atoms with van der Waals surface area (Å²) in [7, 11) is 1.49. The molecule has 0 saturated carbocycles. The van der Waals surface area contributed by atoms with Crippen molar-refractivity contribution in [1.82, 2.24) is 5.16 Å². The summed E-state index contributed by atoms with van der Waals surface area (Å²) in [6.07, 6.45) is -0.781. The van der Waals surface area contributed by atoms with Gasteiger partial charge < -0.3 is 23.8 Å². The molecular formula is C19H18FNO5. The van der Waals surface area contributed by atoms with Crippen LogP contribution in [0.15, 0.2) is 22.7 Å². The van der Waals surface area contributed by atoms with E-state index in [-0.39, 0.29) is 17.0 Å². The Morgan fingerprint density at radius 1 is 1.23 bits per heavy atom. The molecule has 1 fully saturated rings. The first-order valence-corrected chi connectivity index (χ1v) is 8.21. The van der Waals surface area contributed by atoms with E-state index in [4.69, 9.17) is 18.7 Å². The highest BCUT2D eigenvalue weighted by Crippen LogP contribution is 2.45. The fourth-order valence-electron chi connectivity index (χ4n) is 3.27. The second-order valence-electron chi connectivity index (χ2n) is 6.18. The molecule has 4 rings (SSSR count). The summed E-state index contributed by atoms with van der Waals surface area (Å²) < 4.78 is 36.9. The van der Waals surface area contributed by atoms with E-state index in [1.807, 2.05) is 13.8 Å². The Hall–Kier alpha value is -2.64. The molecular weight excluding hydrogens is 341 g/mol. The van der Waals surface area contributed by atoms with Crippen LogP contribution in [-0.4, -0.2) is 30.6 Å². The van der Waals surface area contributed by atoms with Crippen LogP contribution in [0.25, 0.3) is 22.2 Å². The van der Waals surface area contributed by atoms with Gasteiger partial charge in [-0.15, -0.1) is 0 Å². The number of hydrogen-bond donors (Lipinski definition) is 1. The average molecular weight is 359 g/mol. The third-order valence-electron chi connectivity index (χ3n) is 4.70. The van der Waals surface area contributed by atoms with Gasteiger partial charge in [0, 0.05) is 0 Å². The monoisotopic (exact) mass is 359 g/mol. The van der Waals surface area contributed by atoms with Crippen LogP contribution in [0.5, 0.6) is 11.5 Å².